The second-order valence-electron chi connectivity index (χ2n) is 2.68. The maximum absolute atomic E-state index is 4.17. The predicted molar refractivity (Wildman–Crippen MR) is 57.1 cm³/mol. The summed E-state index contributed by atoms with van der Waals surface area (Å²) in [5.74, 6) is 0. The van der Waals surface area contributed by atoms with E-state index < -0.39 is 0 Å². The van der Waals surface area contributed by atoms with Gasteiger partial charge in [-0.3, -0.25) is 0 Å². The Bertz CT molecular complexity index is 332. The number of aromatic amines is 1. The van der Waals surface area contributed by atoms with Gasteiger partial charge in [0.15, 0.2) is 0 Å². The Labute approximate surface area is 78.7 Å². The van der Waals surface area contributed by atoms with Crippen molar-refractivity contribution in [2.45, 2.75) is 13.3 Å². The first kappa shape index (κ1) is 9.52. The van der Waals surface area contributed by atoms with E-state index in [1.54, 1.807) is 12.4 Å². The Morgan fingerprint density at radius 3 is 2.92 bits per heavy atom. The molecule has 2 nitrogen and oxygen atoms in total. The van der Waals surface area contributed by atoms with Crippen LogP contribution in [0.4, 0.5) is 0 Å². The second kappa shape index (κ2) is 4.45. The molecule has 0 aliphatic carbocycles. The van der Waals surface area contributed by atoms with Gasteiger partial charge < -0.3 is 4.98 Å². The average molecular weight is 174 g/mol. The van der Waals surface area contributed by atoms with E-state index in [4.69, 9.17) is 0 Å². The van der Waals surface area contributed by atoms with Crippen LogP contribution in [0.15, 0.2) is 31.1 Å². The summed E-state index contributed by atoms with van der Waals surface area (Å²) in [5, 5.41) is 0. The number of allylic oxidation sites excluding steroid dienone is 2. The highest BCUT2D eigenvalue weighted by molar-refractivity contribution is 5.61. The largest absolute Gasteiger partial charge is 0.345 e. The Balaban J connectivity index is 3.00. The molecule has 0 saturated carbocycles. The molecule has 0 amide bonds. The monoisotopic (exact) mass is 174 g/mol. The summed E-state index contributed by atoms with van der Waals surface area (Å²) >= 11 is 0. The van der Waals surface area contributed by atoms with Crippen LogP contribution in [0.25, 0.3) is 12.2 Å². The molecule has 2 heteroatoms. The van der Waals surface area contributed by atoms with E-state index in [9.17, 15) is 0 Å². The summed E-state index contributed by atoms with van der Waals surface area (Å²) in [5.41, 5.74) is 3.05. The topological polar surface area (TPSA) is 28.7 Å². The lowest BCUT2D eigenvalue weighted by molar-refractivity contribution is 1.16. The average Bonchev–Trinajstić information content (AvgIpc) is 2.61. The molecule has 0 fully saturated rings. The first-order valence-electron chi connectivity index (χ1n) is 4.30. The van der Waals surface area contributed by atoms with Crippen LogP contribution in [0.3, 0.4) is 0 Å². The SMILES string of the molecule is C=C/C(=C\c1nc[nH]c1C=C)CC. The van der Waals surface area contributed by atoms with E-state index in [-0.39, 0.29) is 0 Å². The molecule has 0 aliphatic heterocycles. The molecule has 1 heterocycles. The highest BCUT2D eigenvalue weighted by atomic mass is 14.9. The molecule has 1 aromatic rings. The molecule has 0 atom stereocenters. The first-order chi connectivity index (χ1) is 6.31. The Morgan fingerprint density at radius 1 is 1.62 bits per heavy atom. The number of hydrogen-bond donors (Lipinski definition) is 1. The minimum atomic E-state index is 0.923. The van der Waals surface area contributed by atoms with Crippen LogP contribution < -0.4 is 0 Å². The first-order valence-corrected chi connectivity index (χ1v) is 4.30. The fourth-order valence-corrected chi connectivity index (χ4v) is 1.07. The summed E-state index contributed by atoms with van der Waals surface area (Å²) in [6.07, 6.45) is 8.25. The van der Waals surface area contributed by atoms with Gasteiger partial charge in [0.1, 0.15) is 0 Å². The van der Waals surface area contributed by atoms with Gasteiger partial charge in [-0.2, -0.15) is 0 Å². The Hall–Kier alpha value is -1.57. The lowest BCUT2D eigenvalue weighted by atomic mass is 10.1. The molecular weight excluding hydrogens is 160 g/mol. The van der Waals surface area contributed by atoms with Gasteiger partial charge in [-0.1, -0.05) is 26.2 Å². The second-order valence-corrected chi connectivity index (χ2v) is 2.68. The van der Waals surface area contributed by atoms with Crippen molar-refractivity contribution in [3.8, 4) is 0 Å². The van der Waals surface area contributed by atoms with Crippen LogP contribution in [0.1, 0.15) is 24.7 Å². The van der Waals surface area contributed by atoms with Gasteiger partial charge in [-0.15, -0.1) is 0 Å². The molecule has 0 radical (unpaired) electrons. The molecule has 1 aromatic heterocycles. The fourth-order valence-electron chi connectivity index (χ4n) is 1.07. The standard InChI is InChI=1S/C11H14N2/c1-4-9(5-2)7-11-10(6-3)12-8-13-11/h4,6-8H,1,3,5H2,2H3,(H,12,13)/b9-7+. The van der Waals surface area contributed by atoms with Crippen LogP contribution in [-0.2, 0) is 0 Å². The maximum Gasteiger partial charge on any atom is 0.0931 e. The highest BCUT2D eigenvalue weighted by Crippen LogP contribution is 2.12. The van der Waals surface area contributed by atoms with Gasteiger partial charge in [0, 0.05) is 0 Å². The molecule has 0 aromatic carbocycles. The lowest BCUT2D eigenvalue weighted by Gasteiger charge is -1.95. The molecule has 0 unspecified atom stereocenters. The van der Waals surface area contributed by atoms with Gasteiger partial charge in [0.05, 0.1) is 17.7 Å². The van der Waals surface area contributed by atoms with Crippen LogP contribution in [0, 0.1) is 0 Å². The molecule has 1 rings (SSSR count). The third-order valence-corrected chi connectivity index (χ3v) is 1.90. The van der Waals surface area contributed by atoms with Crippen LogP contribution in [-0.4, -0.2) is 9.97 Å². The van der Waals surface area contributed by atoms with Crippen molar-refractivity contribution in [2.75, 3.05) is 0 Å². The molecule has 68 valence electrons. The van der Waals surface area contributed by atoms with Gasteiger partial charge >= 0.3 is 0 Å². The third-order valence-electron chi connectivity index (χ3n) is 1.90. The van der Waals surface area contributed by atoms with Crippen molar-refractivity contribution in [1.29, 1.82) is 0 Å². The zero-order valence-corrected chi connectivity index (χ0v) is 7.88. The normalized spacial score (nSPS) is 11.3. The van der Waals surface area contributed by atoms with Crippen molar-refractivity contribution in [3.63, 3.8) is 0 Å². The number of nitrogens with zero attached hydrogens (tertiary/aromatic N) is 1. The number of imidazole rings is 1. The molecule has 1 N–H and O–H groups in total. The van der Waals surface area contributed by atoms with Crippen molar-refractivity contribution in [1.82, 2.24) is 9.97 Å². The molecular formula is C11H14N2. The van der Waals surface area contributed by atoms with Gasteiger partial charge in [0.25, 0.3) is 0 Å². The smallest absolute Gasteiger partial charge is 0.0931 e. The molecule has 13 heavy (non-hydrogen) atoms. The van der Waals surface area contributed by atoms with Crippen molar-refractivity contribution < 1.29 is 0 Å². The van der Waals surface area contributed by atoms with E-state index >= 15 is 0 Å². The van der Waals surface area contributed by atoms with Crippen LogP contribution in [0.2, 0.25) is 0 Å². The number of H-pyrrole nitrogens is 1. The fraction of sp³-hybridized carbons (Fsp3) is 0.182. The summed E-state index contributed by atoms with van der Waals surface area (Å²) in [6.45, 7) is 9.52. The molecule has 0 saturated heterocycles. The molecule has 0 spiro atoms. The van der Waals surface area contributed by atoms with E-state index in [2.05, 4.69) is 30.0 Å². The van der Waals surface area contributed by atoms with Crippen molar-refractivity contribution in [2.24, 2.45) is 0 Å². The Morgan fingerprint density at radius 2 is 2.38 bits per heavy atom. The number of aromatic nitrogens is 2. The zero-order valence-electron chi connectivity index (χ0n) is 7.88. The van der Waals surface area contributed by atoms with Gasteiger partial charge in [-0.05, 0) is 24.1 Å². The summed E-state index contributed by atoms with van der Waals surface area (Å²) in [6, 6.07) is 0. The number of nitrogens with one attached hydrogen (secondary N) is 1. The van der Waals surface area contributed by atoms with E-state index in [1.165, 1.54) is 5.57 Å². The van der Waals surface area contributed by atoms with E-state index in [0.29, 0.717) is 0 Å². The number of hydrogen-bond acceptors (Lipinski definition) is 1. The number of rotatable bonds is 4. The van der Waals surface area contributed by atoms with E-state index in [1.807, 2.05) is 12.2 Å². The minimum Gasteiger partial charge on any atom is -0.345 e. The van der Waals surface area contributed by atoms with Crippen molar-refractivity contribution >= 4 is 12.2 Å². The van der Waals surface area contributed by atoms with Crippen LogP contribution in [0.5, 0.6) is 0 Å². The Kier molecular flexibility index (Phi) is 3.26. The third kappa shape index (κ3) is 2.18. The van der Waals surface area contributed by atoms with Crippen LogP contribution >= 0.6 is 0 Å². The predicted octanol–water partition coefficient (Wildman–Crippen LogP) is 3.03. The zero-order chi connectivity index (χ0) is 9.68. The van der Waals surface area contributed by atoms with E-state index in [0.717, 1.165) is 17.8 Å². The molecule has 0 aliphatic rings. The summed E-state index contributed by atoms with van der Waals surface area (Å²) < 4.78 is 0. The summed E-state index contributed by atoms with van der Waals surface area (Å²) in [4.78, 5) is 7.17. The lowest BCUT2D eigenvalue weighted by Crippen LogP contribution is -1.80. The van der Waals surface area contributed by atoms with Crippen molar-refractivity contribution in [3.05, 3.63) is 42.5 Å². The maximum atomic E-state index is 4.17. The van der Waals surface area contributed by atoms with Gasteiger partial charge in [0.2, 0.25) is 0 Å². The minimum absolute atomic E-state index is 0.923. The summed E-state index contributed by atoms with van der Waals surface area (Å²) in [7, 11) is 0. The van der Waals surface area contributed by atoms with Gasteiger partial charge in [-0.25, -0.2) is 4.98 Å². The quantitative estimate of drug-likeness (QED) is 0.698. The highest BCUT2D eigenvalue weighted by Gasteiger charge is 1.98. The molecule has 0 bridgehead atoms.